The van der Waals surface area contributed by atoms with Gasteiger partial charge in [-0.1, -0.05) is 30.3 Å². The van der Waals surface area contributed by atoms with Gasteiger partial charge < -0.3 is 4.74 Å². The molecular weight excluding hydrogens is 402 g/mol. The molecule has 0 amide bonds. The van der Waals surface area contributed by atoms with Crippen molar-refractivity contribution in [3.05, 3.63) is 63.6 Å². The van der Waals surface area contributed by atoms with Crippen LogP contribution in [-0.4, -0.2) is 13.7 Å². The number of para-hydroxylation sites is 1. The average molecular weight is 424 g/mol. The van der Waals surface area contributed by atoms with Crippen LogP contribution in [0.1, 0.15) is 43.0 Å². The number of halogens is 1. The fourth-order valence-corrected chi connectivity index (χ4v) is 4.25. The maximum Gasteiger partial charge on any atom is 0.214 e. The number of benzene rings is 2. The predicted molar refractivity (Wildman–Crippen MR) is 103 cm³/mol. The van der Waals surface area contributed by atoms with Gasteiger partial charge in [0.25, 0.3) is 0 Å². The van der Waals surface area contributed by atoms with Gasteiger partial charge in [-0.2, -0.15) is 0 Å². The van der Waals surface area contributed by atoms with E-state index in [2.05, 4.69) is 26.7 Å². The Hall–Kier alpha value is -1.37. The number of sulfonamides is 1. The lowest BCUT2D eigenvalue weighted by Gasteiger charge is -2.17. The highest BCUT2D eigenvalue weighted by Gasteiger charge is 2.28. The normalized spacial score (nSPS) is 16.9. The van der Waals surface area contributed by atoms with Crippen LogP contribution in [0.3, 0.4) is 0 Å². The van der Waals surface area contributed by atoms with E-state index < -0.39 is 15.3 Å². The number of aryl methyl sites for hydroxylation is 1. The number of nitrogens with one attached hydrogen (secondary N) is 1. The minimum absolute atomic E-state index is 0.124. The van der Waals surface area contributed by atoms with Crippen molar-refractivity contribution in [2.24, 2.45) is 0 Å². The third-order valence-corrected chi connectivity index (χ3v) is 6.95. The minimum Gasteiger partial charge on any atom is -0.488 e. The van der Waals surface area contributed by atoms with Crippen molar-refractivity contribution in [1.82, 2.24) is 4.72 Å². The number of hydrogen-bond acceptors (Lipinski definition) is 3. The van der Waals surface area contributed by atoms with Crippen LogP contribution in [0.4, 0.5) is 0 Å². The summed E-state index contributed by atoms with van der Waals surface area (Å²) in [5, 5.41) is -0.423. The first-order valence-electron chi connectivity index (χ1n) is 8.37. The highest BCUT2D eigenvalue weighted by atomic mass is 79.9. The van der Waals surface area contributed by atoms with E-state index >= 15 is 0 Å². The van der Waals surface area contributed by atoms with E-state index in [9.17, 15) is 8.42 Å². The molecule has 2 aromatic carbocycles. The quantitative estimate of drug-likeness (QED) is 0.751. The first-order valence-corrected chi connectivity index (χ1v) is 10.7. The fraction of sp³-hybridized carbons (Fsp3) is 0.368. The van der Waals surface area contributed by atoms with Crippen molar-refractivity contribution in [3.63, 3.8) is 0 Å². The molecule has 0 saturated carbocycles. The summed E-state index contributed by atoms with van der Waals surface area (Å²) in [7, 11) is -3.27. The van der Waals surface area contributed by atoms with Gasteiger partial charge in [-0.05, 0) is 71.4 Å². The van der Waals surface area contributed by atoms with Crippen LogP contribution in [0.5, 0.6) is 5.75 Å². The second-order valence-electron chi connectivity index (χ2n) is 6.56. The lowest BCUT2D eigenvalue weighted by Crippen LogP contribution is -2.33. The summed E-state index contributed by atoms with van der Waals surface area (Å²) in [5.74, 6) is 0.811. The molecule has 0 fully saturated rings. The summed E-state index contributed by atoms with van der Waals surface area (Å²) in [6, 6.07) is 13.8. The first kappa shape index (κ1) is 18.4. The molecule has 2 aromatic rings. The van der Waals surface area contributed by atoms with Crippen LogP contribution < -0.4 is 9.46 Å². The topological polar surface area (TPSA) is 55.4 Å². The molecule has 4 nitrogen and oxygen atoms in total. The highest BCUT2D eigenvalue weighted by molar-refractivity contribution is 9.10. The molecule has 1 atom stereocenters. The predicted octanol–water partition coefficient (Wildman–Crippen LogP) is 4.34. The monoisotopic (exact) mass is 423 g/mol. The Labute approximate surface area is 157 Å². The van der Waals surface area contributed by atoms with E-state index in [0.717, 1.165) is 34.2 Å². The summed E-state index contributed by atoms with van der Waals surface area (Å²) in [4.78, 5) is 0. The molecule has 1 aliphatic carbocycles. The molecule has 0 spiro atoms. The second-order valence-corrected chi connectivity index (χ2v) is 9.68. The third kappa shape index (κ3) is 4.25. The number of hydrogen-bond donors (Lipinski definition) is 1. The van der Waals surface area contributed by atoms with Crippen LogP contribution in [0.25, 0.3) is 0 Å². The van der Waals surface area contributed by atoms with Crippen LogP contribution in [-0.2, 0) is 23.1 Å². The first-order chi connectivity index (χ1) is 11.9. The molecule has 6 heteroatoms. The molecule has 1 aliphatic rings. The molecule has 134 valence electrons. The summed E-state index contributed by atoms with van der Waals surface area (Å²) in [6.07, 6.45) is 1.68. The molecule has 1 unspecified atom stereocenters. The number of fused-ring (bicyclic) bond motifs is 1. The maximum absolute atomic E-state index is 12.1. The number of ether oxygens (including phenoxy) is 1. The lowest BCUT2D eigenvalue weighted by molar-refractivity contribution is 0.304. The molecule has 1 N–H and O–H groups in total. The Kier molecular flexibility index (Phi) is 5.51. The Morgan fingerprint density at radius 2 is 2.00 bits per heavy atom. The van der Waals surface area contributed by atoms with Gasteiger partial charge in [0.05, 0.1) is 9.72 Å². The van der Waals surface area contributed by atoms with Crippen molar-refractivity contribution in [1.29, 1.82) is 0 Å². The number of rotatable bonds is 6. The van der Waals surface area contributed by atoms with Crippen LogP contribution in [0, 0.1) is 0 Å². The van der Waals surface area contributed by atoms with E-state index in [1.54, 1.807) is 13.8 Å². The zero-order valence-corrected chi connectivity index (χ0v) is 16.7. The zero-order chi connectivity index (χ0) is 18.0. The van der Waals surface area contributed by atoms with Crippen molar-refractivity contribution in [3.8, 4) is 5.75 Å². The van der Waals surface area contributed by atoms with E-state index in [-0.39, 0.29) is 6.04 Å². The second kappa shape index (κ2) is 7.48. The Bertz CT molecular complexity index is 865. The average Bonchev–Trinajstić information content (AvgIpc) is 2.95. The molecule has 0 heterocycles. The standard InChI is InChI=1S/C19H22BrNO3S/c1-13(2)25(22,23)21-18-10-8-15-11-14(7-9-16(15)18)12-24-19-6-4-3-5-17(19)20/h3-7,9,11,13,18,21H,8,10,12H2,1-2H3. The lowest BCUT2D eigenvalue weighted by atomic mass is 10.1. The van der Waals surface area contributed by atoms with Crippen molar-refractivity contribution in [2.45, 2.75) is 44.6 Å². The van der Waals surface area contributed by atoms with Gasteiger partial charge in [-0.3, -0.25) is 0 Å². The van der Waals surface area contributed by atoms with Gasteiger partial charge in [0.2, 0.25) is 10.0 Å². The van der Waals surface area contributed by atoms with E-state index in [1.165, 1.54) is 5.56 Å². The van der Waals surface area contributed by atoms with Gasteiger partial charge in [0, 0.05) is 6.04 Å². The third-order valence-electron chi connectivity index (χ3n) is 4.44. The van der Waals surface area contributed by atoms with Gasteiger partial charge in [0.15, 0.2) is 0 Å². The molecule has 3 rings (SSSR count). The summed E-state index contributed by atoms with van der Waals surface area (Å²) in [5.41, 5.74) is 3.36. The maximum atomic E-state index is 12.1. The van der Waals surface area contributed by atoms with Crippen LogP contribution in [0.2, 0.25) is 0 Å². The summed E-state index contributed by atoms with van der Waals surface area (Å²) < 4.78 is 33.9. The van der Waals surface area contributed by atoms with E-state index in [0.29, 0.717) is 6.61 Å². The van der Waals surface area contributed by atoms with Crippen LogP contribution >= 0.6 is 15.9 Å². The van der Waals surface area contributed by atoms with Gasteiger partial charge >= 0.3 is 0 Å². The Balaban J connectivity index is 1.70. The molecule has 0 radical (unpaired) electrons. The van der Waals surface area contributed by atoms with Crippen molar-refractivity contribution >= 4 is 26.0 Å². The molecule has 25 heavy (non-hydrogen) atoms. The SMILES string of the molecule is CC(C)S(=O)(=O)NC1CCc2cc(COc3ccccc3Br)ccc21. The summed E-state index contributed by atoms with van der Waals surface area (Å²) >= 11 is 3.48. The smallest absolute Gasteiger partial charge is 0.214 e. The molecule has 0 saturated heterocycles. The summed E-state index contributed by atoms with van der Waals surface area (Å²) in [6.45, 7) is 3.87. The van der Waals surface area contributed by atoms with Crippen LogP contribution in [0.15, 0.2) is 46.9 Å². The Morgan fingerprint density at radius 1 is 1.24 bits per heavy atom. The van der Waals surface area contributed by atoms with E-state index in [1.807, 2.05) is 36.4 Å². The molecular formula is C19H22BrNO3S. The zero-order valence-electron chi connectivity index (χ0n) is 14.3. The molecule has 0 bridgehead atoms. The van der Waals surface area contributed by atoms with E-state index in [4.69, 9.17) is 4.74 Å². The van der Waals surface area contributed by atoms with Gasteiger partial charge in [-0.15, -0.1) is 0 Å². The largest absolute Gasteiger partial charge is 0.488 e. The Morgan fingerprint density at radius 3 is 2.72 bits per heavy atom. The fourth-order valence-electron chi connectivity index (χ4n) is 2.94. The highest BCUT2D eigenvalue weighted by Crippen LogP contribution is 2.33. The van der Waals surface area contributed by atoms with Gasteiger partial charge in [-0.25, -0.2) is 13.1 Å². The van der Waals surface area contributed by atoms with Crippen molar-refractivity contribution in [2.75, 3.05) is 0 Å². The minimum atomic E-state index is -3.27. The molecule has 0 aromatic heterocycles. The van der Waals surface area contributed by atoms with Crippen molar-refractivity contribution < 1.29 is 13.2 Å². The molecule has 0 aliphatic heterocycles. The van der Waals surface area contributed by atoms with Gasteiger partial charge in [0.1, 0.15) is 12.4 Å².